The summed E-state index contributed by atoms with van der Waals surface area (Å²) in [5.41, 5.74) is 0.0284. The summed E-state index contributed by atoms with van der Waals surface area (Å²) in [6.45, 7) is 1.87. The molecule has 7 nitrogen and oxygen atoms in total. The maximum atomic E-state index is 13.2. The number of carbonyl (C=O) groups is 2. The predicted octanol–water partition coefficient (Wildman–Crippen LogP) is 1.06. The molecule has 7 heteroatoms. The number of carboxylic acid groups (broad SMARTS) is 1. The summed E-state index contributed by atoms with van der Waals surface area (Å²) in [6.07, 6.45) is -0.0506. The van der Waals surface area contributed by atoms with Gasteiger partial charge in [0, 0.05) is 32.6 Å². The first-order valence-electron chi connectivity index (χ1n) is 8.50. The number of benzene rings is 1. The molecule has 2 aliphatic rings. The van der Waals surface area contributed by atoms with E-state index < -0.39 is 17.7 Å². The molecule has 1 amide bonds. The molecule has 0 radical (unpaired) electrons. The molecule has 2 saturated heterocycles. The highest BCUT2D eigenvalue weighted by Gasteiger charge is 2.45. The summed E-state index contributed by atoms with van der Waals surface area (Å²) in [5, 5.41) is 9.15. The van der Waals surface area contributed by atoms with E-state index in [1.807, 2.05) is 30.3 Å². The molecule has 1 aromatic rings. The minimum absolute atomic E-state index is 0.0471. The number of amides is 1. The molecule has 1 N–H and O–H groups in total. The number of hydrogen-bond donors (Lipinski definition) is 1. The molecule has 2 fully saturated rings. The van der Waals surface area contributed by atoms with E-state index in [1.54, 1.807) is 4.90 Å². The van der Waals surface area contributed by atoms with E-state index in [0.717, 1.165) is 5.56 Å². The van der Waals surface area contributed by atoms with Gasteiger partial charge < -0.3 is 24.2 Å². The summed E-state index contributed by atoms with van der Waals surface area (Å²) < 4.78 is 16.7. The fourth-order valence-corrected chi connectivity index (χ4v) is 3.19. The topological polar surface area (TPSA) is 85.3 Å². The van der Waals surface area contributed by atoms with Gasteiger partial charge in [0.2, 0.25) is 0 Å². The van der Waals surface area contributed by atoms with Crippen LogP contribution in [-0.4, -0.2) is 66.5 Å². The molecule has 136 valence electrons. The quantitative estimate of drug-likeness (QED) is 0.856. The van der Waals surface area contributed by atoms with Gasteiger partial charge in [0.05, 0.1) is 19.8 Å². The number of morpholine rings is 1. The van der Waals surface area contributed by atoms with Crippen molar-refractivity contribution < 1.29 is 28.9 Å². The van der Waals surface area contributed by atoms with Gasteiger partial charge in [0.1, 0.15) is 0 Å². The Labute approximate surface area is 146 Å². The van der Waals surface area contributed by atoms with Gasteiger partial charge >= 0.3 is 5.97 Å². The van der Waals surface area contributed by atoms with Gasteiger partial charge in [-0.3, -0.25) is 4.79 Å². The van der Waals surface area contributed by atoms with Gasteiger partial charge in [-0.05, 0) is 5.56 Å². The molecule has 0 aromatic heterocycles. The number of hydrogen-bond acceptors (Lipinski definition) is 5. The molecule has 1 aromatic carbocycles. The highest BCUT2D eigenvalue weighted by Crippen LogP contribution is 2.30. The van der Waals surface area contributed by atoms with Gasteiger partial charge in [0.25, 0.3) is 5.91 Å². The van der Waals surface area contributed by atoms with E-state index in [-0.39, 0.29) is 19.1 Å². The minimum Gasteiger partial charge on any atom is -0.479 e. The molecular weight excluding hydrogens is 326 g/mol. The van der Waals surface area contributed by atoms with Crippen LogP contribution in [-0.2, 0) is 30.4 Å². The molecule has 0 spiro atoms. The van der Waals surface area contributed by atoms with Crippen LogP contribution >= 0.6 is 0 Å². The Hall–Kier alpha value is -1.96. The van der Waals surface area contributed by atoms with Gasteiger partial charge in [-0.25, -0.2) is 4.79 Å². The van der Waals surface area contributed by atoms with Crippen molar-refractivity contribution in [2.45, 2.75) is 31.2 Å². The van der Waals surface area contributed by atoms with E-state index in [4.69, 9.17) is 19.3 Å². The van der Waals surface area contributed by atoms with E-state index >= 15 is 0 Å². The molecule has 2 heterocycles. The maximum absolute atomic E-state index is 13.2. The Morgan fingerprint density at radius 1 is 1.20 bits per heavy atom. The van der Waals surface area contributed by atoms with Crippen LogP contribution in [0.4, 0.5) is 0 Å². The summed E-state index contributed by atoms with van der Waals surface area (Å²) in [6, 6.07) is 9.69. The van der Waals surface area contributed by atoms with Crippen molar-refractivity contribution >= 4 is 11.9 Å². The molecule has 2 aliphatic heterocycles. The van der Waals surface area contributed by atoms with Crippen LogP contribution in [0, 0.1) is 0 Å². The lowest BCUT2D eigenvalue weighted by atomic mass is 9.91. The molecule has 25 heavy (non-hydrogen) atoms. The second kappa shape index (κ2) is 7.95. The monoisotopic (exact) mass is 349 g/mol. The Bertz CT molecular complexity index is 599. The van der Waals surface area contributed by atoms with Crippen molar-refractivity contribution in [1.82, 2.24) is 4.90 Å². The first-order chi connectivity index (χ1) is 12.1. The highest BCUT2D eigenvalue weighted by atomic mass is 16.5. The zero-order valence-electron chi connectivity index (χ0n) is 14.1. The van der Waals surface area contributed by atoms with E-state index in [0.29, 0.717) is 39.2 Å². The number of ether oxygens (including phenoxy) is 3. The normalized spacial score (nSPS) is 23.2. The number of carbonyl (C=O) groups excluding carboxylic acids is 1. The average Bonchev–Trinajstić information content (AvgIpc) is 2.67. The lowest BCUT2D eigenvalue weighted by Crippen LogP contribution is -2.58. The summed E-state index contributed by atoms with van der Waals surface area (Å²) in [7, 11) is 0. The van der Waals surface area contributed by atoms with E-state index in [2.05, 4.69) is 0 Å². The standard InChI is InChI=1S/C18H23NO6/c20-16(21)15-12-19(8-11-24-15)17(22)18(6-9-23-10-7-18)25-13-14-4-2-1-3-5-14/h1-5,15H,6-13H2,(H,20,21). The van der Waals surface area contributed by atoms with Crippen LogP contribution in [0.3, 0.4) is 0 Å². The zero-order chi connectivity index (χ0) is 17.7. The molecule has 0 saturated carbocycles. The largest absolute Gasteiger partial charge is 0.479 e. The summed E-state index contributed by atoms with van der Waals surface area (Å²) >= 11 is 0. The SMILES string of the molecule is O=C(O)C1CN(C(=O)C2(OCc3ccccc3)CCOCC2)CCO1. The molecule has 0 aliphatic carbocycles. The predicted molar refractivity (Wildman–Crippen MR) is 88.0 cm³/mol. The average molecular weight is 349 g/mol. The van der Waals surface area contributed by atoms with E-state index in [9.17, 15) is 9.59 Å². The van der Waals surface area contributed by atoms with Crippen molar-refractivity contribution in [2.24, 2.45) is 0 Å². The highest BCUT2D eigenvalue weighted by molar-refractivity contribution is 5.86. The van der Waals surface area contributed by atoms with Crippen LogP contribution in [0.15, 0.2) is 30.3 Å². The third-order valence-corrected chi connectivity index (χ3v) is 4.68. The van der Waals surface area contributed by atoms with Crippen molar-refractivity contribution in [3.63, 3.8) is 0 Å². The van der Waals surface area contributed by atoms with Crippen LogP contribution in [0.1, 0.15) is 18.4 Å². The van der Waals surface area contributed by atoms with E-state index in [1.165, 1.54) is 0 Å². The van der Waals surface area contributed by atoms with Crippen molar-refractivity contribution in [2.75, 3.05) is 32.9 Å². The Morgan fingerprint density at radius 2 is 1.92 bits per heavy atom. The smallest absolute Gasteiger partial charge is 0.334 e. The van der Waals surface area contributed by atoms with Gasteiger partial charge in [-0.15, -0.1) is 0 Å². The lowest BCUT2D eigenvalue weighted by Gasteiger charge is -2.41. The molecule has 0 bridgehead atoms. The molecule has 3 rings (SSSR count). The van der Waals surface area contributed by atoms with Gasteiger partial charge in [-0.1, -0.05) is 30.3 Å². The fourth-order valence-electron chi connectivity index (χ4n) is 3.19. The van der Waals surface area contributed by atoms with Crippen LogP contribution in [0.2, 0.25) is 0 Å². The maximum Gasteiger partial charge on any atom is 0.334 e. The third kappa shape index (κ3) is 4.18. The second-order valence-corrected chi connectivity index (χ2v) is 6.33. The number of carboxylic acids is 1. The Balaban J connectivity index is 1.72. The first kappa shape index (κ1) is 17.8. The Morgan fingerprint density at radius 3 is 2.60 bits per heavy atom. The van der Waals surface area contributed by atoms with Crippen LogP contribution in [0.25, 0.3) is 0 Å². The first-order valence-corrected chi connectivity index (χ1v) is 8.50. The van der Waals surface area contributed by atoms with Gasteiger partial charge in [0.15, 0.2) is 11.7 Å². The number of rotatable bonds is 5. The third-order valence-electron chi connectivity index (χ3n) is 4.68. The molecular formula is C18H23NO6. The van der Waals surface area contributed by atoms with Crippen LogP contribution in [0.5, 0.6) is 0 Å². The summed E-state index contributed by atoms with van der Waals surface area (Å²) in [5.74, 6) is -1.22. The number of aliphatic carboxylic acids is 1. The Kier molecular flexibility index (Phi) is 5.67. The van der Waals surface area contributed by atoms with Crippen molar-refractivity contribution in [3.05, 3.63) is 35.9 Å². The fraction of sp³-hybridized carbons (Fsp3) is 0.556. The lowest BCUT2D eigenvalue weighted by molar-refractivity contribution is -0.182. The zero-order valence-corrected chi connectivity index (χ0v) is 14.1. The van der Waals surface area contributed by atoms with Crippen molar-refractivity contribution in [3.8, 4) is 0 Å². The van der Waals surface area contributed by atoms with Crippen LogP contribution < -0.4 is 0 Å². The summed E-state index contributed by atoms with van der Waals surface area (Å²) in [4.78, 5) is 25.9. The molecule has 1 unspecified atom stereocenters. The number of nitrogens with zero attached hydrogens (tertiary/aromatic N) is 1. The second-order valence-electron chi connectivity index (χ2n) is 6.33. The van der Waals surface area contributed by atoms with Crippen molar-refractivity contribution in [1.29, 1.82) is 0 Å². The minimum atomic E-state index is -1.05. The van der Waals surface area contributed by atoms with Gasteiger partial charge in [-0.2, -0.15) is 0 Å². The molecule has 1 atom stereocenters.